The van der Waals surface area contributed by atoms with E-state index >= 15 is 0 Å². The Morgan fingerprint density at radius 1 is 1.26 bits per heavy atom. The molecule has 106 valence electrons. The molecule has 1 aromatic carbocycles. The highest BCUT2D eigenvalue weighted by Crippen LogP contribution is 2.23. The second-order valence-corrected chi connectivity index (χ2v) is 5.76. The van der Waals surface area contributed by atoms with Gasteiger partial charge in [0.1, 0.15) is 5.82 Å². The lowest BCUT2D eigenvalue weighted by Gasteiger charge is -2.39. The number of alkyl halides is 1. The first-order valence-electron chi connectivity index (χ1n) is 6.99. The van der Waals surface area contributed by atoms with Crippen LogP contribution in [0.1, 0.15) is 25.8 Å². The number of hydrogen-bond acceptors (Lipinski definition) is 2. The maximum absolute atomic E-state index is 14.1. The van der Waals surface area contributed by atoms with Crippen LogP contribution in [0.25, 0.3) is 0 Å². The van der Waals surface area contributed by atoms with Crippen LogP contribution < -0.4 is 4.90 Å². The highest BCUT2D eigenvalue weighted by atomic mass is 79.9. The minimum atomic E-state index is -0.103. The van der Waals surface area contributed by atoms with Crippen LogP contribution in [-0.2, 0) is 5.33 Å². The minimum absolute atomic E-state index is 0.103. The number of benzene rings is 1. The molecule has 1 unspecified atom stereocenters. The molecule has 2 rings (SSSR count). The summed E-state index contributed by atoms with van der Waals surface area (Å²) in [6.07, 6.45) is 1.17. The molecular weight excluding hydrogens is 307 g/mol. The van der Waals surface area contributed by atoms with E-state index in [4.69, 9.17) is 0 Å². The summed E-state index contributed by atoms with van der Waals surface area (Å²) >= 11 is 3.36. The Labute approximate surface area is 123 Å². The summed E-state index contributed by atoms with van der Waals surface area (Å²) in [5.41, 5.74) is 1.73. The molecule has 1 aliphatic rings. The lowest BCUT2D eigenvalue weighted by atomic mass is 10.1. The molecule has 1 atom stereocenters. The molecule has 1 heterocycles. The van der Waals surface area contributed by atoms with E-state index in [1.54, 1.807) is 6.07 Å². The van der Waals surface area contributed by atoms with Gasteiger partial charge in [-0.25, -0.2) is 4.39 Å². The Balaban J connectivity index is 2.01. The molecule has 0 saturated carbocycles. The molecule has 0 spiro atoms. The van der Waals surface area contributed by atoms with Crippen LogP contribution in [0.5, 0.6) is 0 Å². The summed E-state index contributed by atoms with van der Waals surface area (Å²) in [7, 11) is 0. The highest BCUT2D eigenvalue weighted by Gasteiger charge is 2.21. The van der Waals surface area contributed by atoms with Gasteiger partial charge >= 0.3 is 0 Å². The molecule has 0 amide bonds. The van der Waals surface area contributed by atoms with E-state index in [0.29, 0.717) is 11.4 Å². The van der Waals surface area contributed by atoms with Gasteiger partial charge in [0.25, 0.3) is 0 Å². The van der Waals surface area contributed by atoms with Crippen molar-refractivity contribution in [2.24, 2.45) is 0 Å². The standard InChI is InChI=1S/C15H22BrFN2/c1-3-12(2)18-6-8-19(9-7-18)15-5-4-13(11-16)10-14(15)17/h4-5,10,12H,3,6-9,11H2,1-2H3. The van der Waals surface area contributed by atoms with E-state index in [0.717, 1.165) is 37.4 Å². The van der Waals surface area contributed by atoms with E-state index < -0.39 is 0 Å². The maximum Gasteiger partial charge on any atom is 0.146 e. The quantitative estimate of drug-likeness (QED) is 0.778. The van der Waals surface area contributed by atoms with Crippen LogP contribution in [-0.4, -0.2) is 37.1 Å². The predicted molar refractivity (Wildman–Crippen MR) is 82.6 cm³/mol. The van der Waals surface area contributed by atoms with E-state index in [1.165, 1.54) is 6.42 Å². The van der Waals surface area contributed by atoms with Gasteiger partial charge in [-0.05, 0) is 31.0 Å². The fraction of sp³-hybridized carbons (Fsp3) is 0.600. The molecule has 19 heavy (non-hydrogen) atoms. The first-order chi connectivity index (χ1) is 9.15. The highest BCUT2D eigenvalue weighted by molar-refractivity contribution is 9.08. The Morgan fingerprint density at radius 3 is 2.47 bits per heavy atom. The zero-order valence-electron chi connectivity index (χ0n) is 11.7. The third kappa shape index (κ3) is 3.48. The average molecular weight is 329 g/mol. The van der Waals surface area contributed by atoms with Gasteiger partial charge in [0.15, 0.2) is 0 Å². The Hall–Kier alpha value is -0.610. The summed E-state index contributed by atoms with van der Waals surface area (Å²) in [6.45, 7) is 8.35. The van der Waals surface area contributed by atoms with Gasteiger partial charge in [-0.3, -0.25) is 4.90 Å². The van der Waals surface area contributed by atoms with Gasteiger partial charge in [0, 0.05) is 37.6 Å². The zero-order valence-corrected chi connectivity index (χ0v) is 13.3. The average Bonchev–Trinajstić information content (AvgIpc) is 2.46. The largest absolute Gasteiger partial charge is 0.367 e. The molecular formula is C15H22BrFN2. The molecule has 0 radical (unpaired) electrons. The van der Waals surface area contributed by atoms with Gasteiger partial charge in [-0.1, -0.05) is 28.9 Å². The van der Waals surface area contributed by atoms with Crippen LogP contribution in [0.4, 0.5) is 10.1 Å². The number of halogens is 2. The smallest absolute Gasteiger partial charge is 0.146 e. The van der Waals surface area contributed by atoms with Gasteiger partial charge < -0.3 is 4.90 Å². The number of piperazine rings is 1. The molecule has 2 nitrogen and oxygen atoms in total. The lowest BCUT2D eigenvalue weighted by molar-refractivity contribution is 0.192. The summed E-state index contributed by atoms with van der Waals surface area (Å²) in [5, 5.41) is 0.700. The molecule has 1 fully saturated rings. The topological polar surface area (TPSA) is 6.48 Å². The first-order valence-corrected chi connectivity index (χ1v) is 8.11. The molecule has 1 aliphatic heterocycles. The van der Waals surface area contributed by atoms with Crippen LogP contribution in [0, 0.1) is 5.82 Å². The predicted octanol–water partition coefficient (Wildman–Crippen LogP) is 3.64. The lowest BCUT2D eigenvalue weighted by Crippen LogP contribution is -2.49. The number of nitrogens with zero attached hydrogens (tertiary/aromatic N) is 2. The molecule has 4 heteroatoms. The first kappa shape index (κ1) is 14.8. The number of rotatable bonds is 4. The van der Waals surface area contributed by atoms with Gasteiger partial charge in [0.2, 0.25) is 0 Å². The van der Waals surface area contributed by atoms with E-state index in [-0.39, 0.29) is 5.82 Å². The Bertz CT molecular complexity index is 417. The van der Waals surface area contributed by atoms with Crippen molar-refractivity contribution in [3.05, 3.63) is 29.6 Å². The summed E-state index contributed by atoms with van der Waals surface area (Å²) < 4.78 is 14.1. The van der Waals surface area contributed by atoms with Crippen molar-refractivity contribution in [1.29, 1.82) is 0 Å². The summed E-state index contributed by atoms with van der Waals surface area (Å²) in [6, 6.07) is 6.16. The van der Waals surface area contributed by atoms with Crippen molar-refractivity contribution < 1.29 is 4.39 Å². The van der Waals surface area contributed by atoms with Crippen molar-refractivity contribution in [1.82, 2.24) is 4.90 Å². The third-order valence-electron chi connectivity index (χ3n) is 4.04. The second kappa shape index (κ2) is 6.71. The Kier molecular flexibility index (Phi) is 5.22. The second-order valence-electron chi connectivity index (χ2n) is 5.20. The van der Waals surface area contributed by atoms with E-state index in [9.17, 15) is 4.39 Å². The molecule has 0 N–H and O–H groups in total. The van der Waals surface area contributed by atoms with Crippen LogP contribution in [0.2, 0.25) is 0 Å². The van der Waals surface area contributed by atoms with Crippen molar-refractivity contribution in [2.45, 2.75) is 31.6 Å². The van der Waals surface area contributed by atoms with Crippen molar-refractivity contribution in [3.8, 4) is 0 Å². The Morgan fingerprint density at radius 2 is 1.95 bits per heavy atom. The van der Waals surface area contributed by atoms with Crippen molar-refractivity contribution in [3.63, 3.8) is 0 Å². The number of hydrogen-bond donors (Lipinski definition) is 0. The maximum atomic E-state index is 14.1. The van der Waals surface area contributed by atoms with Gasteiger partial charge in [-0.2, -0.15) is 0 Å². The van der Waals surface area contributed by atoms with E-state index in [1.807, 2.05) is 12.1 Å². The SMILES string of the molecule is CCC(C)N1CCN(c2ccc(CBr)cc2F)CC1. The summed E-state index contributed by atoms with van der Waals surface area (Å²) in [5.74, 6) is -0.103. The van der Waals surface area contributed by atoms with Crippen molar-refractivity contribution in [2.75, 3.05) is 31.1 Å². The zero-order chi connectivity index (χ0) is 13.8. The van der Waals surface area contributed by atoms with Crippen LogP contribution in [0.15, 0.2) is 18.2 Å². The van der Waals surface area contributed by atoms with Gasteiger partial charge in [0.05, 0.1) is 5.69 Å². The molecule has 0 bridgehead atoms. The molecule has 0 aromatic heterocycles. The molecule has 0 aliphatic carbocycles. The van der Waals surface area contributed by atoms with Gasteiger partial charge in [-0.15, -0.1) is 0 Å². The van der Waals surface area contributed by atoms with E-state index in [2.05, 4.69) is 39.6 Å². The minimum Gasteiger partial charge on any atom is -0.367 e. The van der Waals surface area contributed by atoms with Crippen LogP contribution in [0.3, 0.4) is 0 Å². The summed E-state index contributed by atoms with van der Waals surface area (Å²) in [4.78, 5) is 4.65. The fourth-order valence-corrected chi connectivity index (χ4v) is 2.90. The monoisotopic (exact) mass is 328 g/mol. The van der Waals surface area contributed by atoms with Crippen molar-refractivity contribution >= 4 is 21.6 Å². The van der Waals surface area contributed by atoms with Crippen LogP contribution >= 0.6 is 15.9 Å². The number of anilines is 1. The third-order valence-corrected chi connectivity index (χ3v) is 4.68. The fourth-order valence-electron chi connectivity index (χ4n) is 2.55. The molecule has 1 aromatic rings. The molecule has 1 saturated heterocycles. The normalized spacial score (nSPS) is 18.6.